The van der Waals surface area contributed by atoms with Gasteiger partial charge in [-0.3, -0.25) is 4.79 Å². The van der Waals surface area contributed by atoms with E-state index in [-0.39, 0.29) is 30.4 Å². The molecule has 1 aromatic rings. The molecule has 2 aliphatic rings. The second-order valence-electron chi connectivity index (χ2n) is 7.23. The normalized spacial score (nSPS) is 24.3. The van der Waals surface area contributed by atoms with E-state index in [0.29, 0.717) is 37.5 Å². The van der Waals surface area contributed by atoms with Gasteiger partial charge in [-0.2, -0.15) is 4.31 Å². The van der Waals surface area contributed by atoms with E-state index in [9.17, 15) is 13.2 Å². The number of sulfonamides is 1. The molecular formula is C18H28ClN3O3S. The number of fused-ring (bicyclic) bond motifs is 1. The van der Waals surface area contributed by atoms with Gasteiger partial charge in [-0.1, -0.05) is 6.07 Å². The summed E-state index contributed by atoms with van der Waals surface area (Å²) in [6, 6.07) is 5.73. The van der Waals surface area contributed by atoms with E-state index in [1.807, 2.05) is 30.9 Å². The van der Waals surface area contributed by atoms with Gasteiger partial charge in [-0.05, 0) is 49.9 Å². The Morgan fingerprint density at radius 2 is 1.65 bits per heavy atom. The van der Waals surface area contributed by atoms with Crippen molar-refractivity contribution in [2.45, 2.75) is 50.6 Å². The summed E-state index contributed by atoms with van der Waals surface area (Å²) >= 11 is 0. The molecule has 0 radical (unpaired) electrons. The first-order valence-electron chi connectivity index (χ1n) is 8.91. The molecule has 1 amide bonds. The maximum Gasteiger partial charge on any atom is 0.243 e. The van der Waals surface area contributed by atoms with Crippen LogP contribution in [0.25, 0.3) is 0 Å². The first-order chi connectivity index (χ1) is 11.8. The molecule has 2 atom stereocenters. The highest BCUT2D eigenvalue weighted by Crippen LogP contribution is 2.24. The minimum Gasteiger partial charge on any atom is -0.342 e. The fourth-order valence-electron chi connectivity index (χ4n) is 3.80. The Morgan fingerprint density at radius 3 is 2.23 bits per heavy atom. The van der Waals surface area contributed by atoms with Crippen molar-refractivity contribution in [3.63, 3.8) is 0 Å². The second-order valence-corrected chi connectivity index (χ2v) is 9.17. The van der Waals surface area contributed by atoms with Crippen LogP contribution in [0, 0.1) is 0 Å². The molecule has 1 aromatic carbocycles. The molecular weight excluding hydrogens is 374 g/mol. The number of hydrogen-bond donors (Lipinski definition) is 1. The SMILES string of the molecule is CC(=O)N1CCc2ccc(S(=O)(=O)N3CC(C)NC(C)C3)cc2CC1.Cl. The third kappa shape index (κ3) is 4.39. The molecule has 1 saturated heterocycles. The largest absolute Gasteiger partial charge is 0.342 e. The lowest BCUT2D eigenvalue weighted by Gasteiger charge is -2.35. The zero-order valence-corrected chi connectivity index (χ0v) is 17.2. The van der Waals surface area contributed by atoms with Gasteiger partial charge in [0.1, 0.15) is 0 Å². The summed E-state index contributed by atoms with van der Waals surface area (Å²) in [5.74, 6) is 0.0736. The van der Waals surface area contributed by atoms with Crippen molar-refractivity contribution in [3.05, 3.63) is 29.3 Å². The van der Waals surface area contributed by atoms with Crippen molar-refractivity contribution in [1.29, 1.82) is 0 Å². The lowest BCUT2D eigenvalue weighted by Crippen LogP contribution is -2.55. The van der Waals surface area contributed by atoms with Crippen LogP contribution in [0.2, 0.25) is 0 Å². The number of halogens is 1. The summed E-state index contributed by atoms with van der Waals surface area (Å²) < 4.78 is 27.7. The number of hydrogen-bond acceptors (Lipinski definition) is 4. The fourth-order valence-corrected chi connectivity index (χ4v) is 5.47. The van der Waals surface area contributed by atoms with E-state index in [1.54, 1.807) is 17.3 Å². The molecule has 2 unspecified atom stereocenters. The topological polar surface area (TPSA) is 69.7 Å². The van der Waals surface area contributed by atoms with Crippen molar-refractivity contribution in [3.8, 4) is 0 Å². The van der Waals surface area contributed by atoms with Crippen LogP contribution >= 0.6 is 12.4 Å². The summed E-state index contributed by atoms with van der Waals surface area (Å²) in [5, 5.41) is 3.36. The van der Waals surface area contributed by atoms with Gasteiger partial charge in [-0.15, -0.1) is 12.4 Å². The number of nitrogens with one attached hydrogen (secondary N) is 1. The van der Waals surface area contributed by atoms with Crippen molar-refractivity contribution >= 4 is 28.3 Å². The van der Waals surface area contributed by atoms with Gasteiger partial charge in [0.15, 0.2) is 0 Å². The molecule has 0 saturated carbocycles. The third-order valence-electron chi connectivity index (χ3n) is 5.09. The molecule has 26 heavy (non-hydrogen) atoms. The van der Waals surface area contributed by atoms with Crippen LogP contribution in [-0.2, 0) is 27.7 Å². The van der Waals surface area contributed by atoms with E-state index in [2.05, 4.69) is 5.32 Å². The van der Waals surface area contributed by atoms with Crippen molar-refractivity contribution in [2.24, 2.45) is 0 Å². The Labute approximate surface area is 162 Å². The first-order valence-corrected chi connectivity index (χ1v) is 10.3. The number of carbonyl (C=O) groups is 1. The predicted molar refractivity (Wildman–Crippen MR) is 104 cm³/mol. The van der Waals surface area contributed by atoms with Crippen LogP contribution in [-0.4, -0.2) is 61.8 Å². The molecule has 1 fully saturated rings. The number of benzene rings is 1. The standard InChI is InChI=1S/C18H27N3O3S.ClH/c1-13-11-21(12-14(2)19-13)25(23,24)18-5-4-16-6-8-20(15(3)22)9-7-17(16)10-18;/h4-5,10,13-14,19H,6-9,11-12H2,1-3H3;1H. The minimum absolute atomic E-state index is 0. The molecule has 146 valence electrons. The molecule has 2 aliphatic heterocycles. The summed E-state index contributed by atoms with van der Waals surface area (Å²) in [6.07, 6.45) is 1.48. The Kier molecular flexibility index (Phi) is 6.71. The summed E-state index contributed by atoms with van der Waals surface area (Å²) in [5.41, 5.74) is 2.19. The smallest absolute Gasteiger partial charge is 0.243 e. The molecule has 2 heterocycles. The molecule has 0 aliphatic carbocycles. The van der Waals surface area contributed by atoms with Gasteiger partial charge in [0.25, 0.3) is 0 Å². The minimum atomic E-state index is -3.49. The van der Waals surface area contributed by atoms with Crippen molar-refractivity contribution in [1.82, 2.24) is 14.5 Å². The molecule has 3 rings (SSSR count). The number of rotatable bonds is 2. The number of carbonyl (C=O) groups excluding carboxylic acids is 1. The van der Waals surface area contributed by atoms with Crippen molar-refractivity contribution < 1.29 is 13.2 Å². The van der Waals surface area contributed by atoms with Crippen LogP contribution in [0.5, 0.6) is 0 Å². The Bertz CT molecular complexity index is 759. The summed E-state index contributed by atoms with van der Waals surface area (Å²) in [6.45, 7) is 7.91. The molecule has 8 heteroatoms. The third-order valence-corrected chi connectivity index (χ3v) is 6.91. The van der Waals surface area contributed by atoms with Crippen LogP contribution < -0.4 is 5.32 Å². The summed E-state index contributed by atoms with van der Waals surface area (Å²) in [4.78, 5) is 13.8. The number of nitrogens with zero attached hydrogens (tertiary/aromatic N) is 2. The lowest BCUT2D eigenvalue weighted by atomic mass is 10.0. The monoisotopic (exact) mass is 401 g/mol. The number of amides is 1. The van der Waals surface area contributed by atoms with Gasteiger partial charge in [0.05, 0.1) is 4.90 Å². The van der Waals surface area contributed by atoms with E-state index in [1.165, 1.54) is 0 Å². The van der Waals surface area contributed by atoms with Crippen LogP contribution in [0.1, 0.15) is 31.9 Å². The fraction of sp³-hybridized carbons (Fsp3) is 0.611. The highest BCUT2D eigenvalue weighted by molar-refractivity contribution is 7.89. The second kappa shape index (κ2) is 8.25. The molecule has 0 aromatic heterocycles. The quantitative estimate of drug-likeness (QED) is 0.813. The lowest BCUT2D eigenvalue weighted by molar-refractivity contribution is -0.128. The Hall–Kier alpha value is -1.15. The highest BCUT2D eigenvalue weighted by Gasteiger charge is 2.31. The molecule has 6 nitrogen and oxygen atoms in total. The van der Waals surface area contributed by atoms with Crippen LogP contribution in [0.4, 0.5) is 0 Å². The van der Waals surface area contributed by atoms with Crippen LogP contribution in [0.3, 0.4) is 0 Å². The first kappa shape index (κ1) is 21.2. The average molecular weight is 402 g/mol. The van der Waals surface area contributed by atoms with Crippen LogP contribution in [0.15, 0.2) is 23.1 Å². The van der Waals surface area contributed by atoms with Gasteiger partial charge in [0.2, 0.25) is 15.9 Å². The van der Waals surface area contributed by atoms with E-state index in [4.69, 9.17) is 0 Å². The highest BCUT2D eigenvalue weighted by atomic mass is 35.5. The zero-order chi connectivity index (χ0) is 18.2. The van der Waals surface area contributed by atoms with Gasteiger partial charge in [0, 0.05) is 45.2 Å². The Balaban J connectivity index is 0.00000243. The van der Waals surface area contributed by atoms with Gasteiger partial charge >= 0.3 is 0 Å². The zero-order valence-electron chi connectivity index (χ0n) is 15.6. The van der Waals surface area contributed by atoms with E-state index >= 15 is 0 Å². The average Bonchev–Trinajstić information content (AvgIpc) is 2.75. The maximum absolute atomic E-state index is 13.1. The maximum atomic E-state index is 13.1. The van der Waals surface area contributed by atoms with E-state index in [0.717, 1.165) is 17.5 Å². The van der Waals surface area contributed by atoms with Gasteiger partial charge < -0.3 is 10.2 Å². The Morgan fingerprint density at radius 1 is 1.08 bits per heavy atom. The molecule has 0 spiro atoms. The predicted octanol–water partition coefficient (Wildman–Crippen LogP) is 1.43. The summed E-state index contributed by atoms with van der Waals surface area (Å²) in [7, 11) is -3.49. The number of piperazine rings is 1. The molecule has 1 N–H and O–H groups in total. The molecule has 0 bridgehead atoms. The van der Waals surface area contributed by atoms with Gasteiger partial charge in [-0.25, -0.2) is 8.42 Å². The van der Waals surface area contributed by atoms with Crippen molar-refractivity contribution in [2.75, 3.05) is 26.2 Å². The van der Waals surface area contributed by atoms with E-state index < -0.39 is 10.0 Å².